The molecule has 1 spiro atoms. The van der Waals surface area contributed by atoms with Crippen LogP contribution in [0.4, 0.5) is 19.7 Å². The summed E-state index contributed by atoms with van der Waals surface area (Å²) in [4.78, 5) is 54.2. The highest BCUT2D eigenvalue weighted by Crippen LogP contribution is 2.46. The molecule has 1 unspecified atom stereocenters. The predicted molar refractivity (Wildman–Crippen MR) is 132 cm³/mol. The van der Waals surface area contributed by atoms with Crippen molar-refractivity contribution in [3.63, 3.8) is 0 Å². The van der Waals surface area contributed by atoms with Crippen molar-refractivity contribution in [2.45, 2.75) is 57.2 Å². The van der Waals surface area contributed by atoms with Crippen LogP contribution < -0.4 is 10.6 Å². The number of hydrogen-bond acceptors (Lipinski definition) is 5. The highest BCUT2D eigenvalue weighted by molar-refractivity contribution is 6.06. The molecular weight excluding hydrogens is 479 g/mol. The zero-order valence-electron chi connectivity index (χ0n) is 21.0. The highest BCUT2D eigenvalue weighted by Gasteiger charge is 2.58. The lowest BCUT2D eigenvalue weighted by Gasteiger charge is -2.31. The molecule has 2 aromatic carbocycles. The molecule has 5 amide bonds. The van der Waals surface area contributed by atoms with Crippen LogP contribution in [0.25, 0.3) is 0 Å². The second-order valence-corrected chi connectivity index (χ2v) is 9.91. The zero-order valence-corrected chi connectivity index (χ0v) is 21.0. The molecule has 0 aromatic heterocycles. The molecule has 3 atom stereocenters. The van der Waals surface area contributed by atoms with Gasteiger partial charge in [0.2, 0.25) is 11.5 Å². The van der Waals surface area contributed by atoms with Crippen molar-refractivity contribution in [3.8, 4) is 0 Å². The predicted octanol–water partition coefficient (Wildman–Crippen LogP) is 3.76. The number of imide groups is 1. The molecule has 2 fully saturated rings. The molecule has 5 rings (SSSR count). The van der Waals surface area contributed by atoms with Gasteiger partial charge in [-0.05, 0) is 74.1 Å². The molecule has 10 heteroatoms. The Hall–Kier alpha value is -3.95. The average molecular weight is 509 g/mol. The molecule has 2 N–H and O–H groups in total. The quantitative estimate of drug-likeness (QED) is 0.654. The van der Waals surface area contributed by atoms with Crippen LogP contribution >= 0.6 is 0 Å². The molecule has 2 aromatic rings. The molecule has 37 heavy (non-hydrogen) atoms. The second kappa shape index (κ2) is 9.17. The average Bonchev–Trinajstić information content (AvgIpc) is 3.49. The Morgan fingerprint density at radius 2 is 1.95 bits per heavy atom. The summed E-state index contributed by atoms with van der Waals surface area (Å²) in [6.45, 7) is 3.31. The molecule has 2 saturated heterocycles. The number of likely N-dealkylation sites (tertiary alicyclic amines) is 1. The maximum absolute atomic E-state index is 13.7. The molecule has 1 aliphatic carbocycles. The minimum Gasteiger partial charge on any atom is -0.427 e. The number of nitrogens with zero attached hydrogens (tertiary/aromatic N) is 2. The third kappa shape index (κ3) is 4.10. The summed E-state index contributed by atoms with van der Waals surface area (Å²) >= 11 is 0. The van der Waals surface area contributed by atoms with Gasteiger partial charge in [-0.3, -0.25) is 9.59 Å². The van der Waals surface area contributed by atoms with Gasteiger partial charge in [0.1, 0.15) is 12.4 Å². The molecule has 0 radical (unpaired) electrons. The number of urea groups is 1. The Morgan fingerprint density at radius 1 is 1.16 bits per heavy atom. The Balaban J connectivity index is 1.36. The van der Waals surface area contributed by atoms with E-state index >= 15 is 0 Å². The van der Waals surface area contributed by atoms with Crippen molar-refractivity contribution in [2.75, 3.05) is 18.9 Å². The van der Waals surface area contributed by atoms with Gasteiger partial charge in [0.25, 0.3) is 5.91 Å². The van der Waals surface area contributed by atoms with Gasteiger partial charge in [0, 0.05) is 30.8 Å². The van der Waals surface area contributed by atoms with E-state index in [4.69, 9.17) is 4.74 Å². The van der Waals surface area contributed by atoms with Crippen molar-refractivity contribution >= 4 is 29.6 Å². The Kier molecular flexibility index (Phi) is 6.13. The van der Waals surface area contributed by atoms with E-state index in [1.54, 1.807) is 29.2 Å². The number of rotatable bonds is 4. The van der Waals surface area contributed by atoms with Gasteiger partial charge in [0.15, 0.2) is 0 Å². The van der Waals surface area contributed by atoms with Gasteiger partial charge in [-0.25, -0.2) is 18.9 Å². The lowest BCUT2D eigenvalue weighted by atomic mass is 9.94. The van der Waals surface area contributed by atoms with Crippen LogP contribution in [0.5, 0.6) is 0 Å². The number of aryl methyl sites for hydroxylation is 2. The number of amides is 5. The van der Waals surface area contributed by atoms with E-state index in [0.29, 0.717) is 24.1 Å². The van der Waals surface area contributed by atoms with Gasteiger partial charge in [-0.2, -0.15) is 0 Å². The van der Waals surface area contributed by atoms with Crippen molar-refractivity contribution in [2.24, 2.45) is 0 Å². The van der Waals surface area contributed by atoms with E-state index in [1.807, 2.05) is 13.8 Å². The van der Waals surface area contributed by atoms with Crippen LogP contribution in [0.1, 0.15) is 54.5 Å². The van der Waals surface area contributed by atoms with Crippen LogP contribution in [0.3, 0.4) is 0 Å². The summed E-state index contributed by atoms with van der Waals surface area (Å²) in [7, 11) is 1.51. The van der Waals surface area contributed by atoms with E-state index in [0.717, 1.165) is 28.0 Å². The Labute approximate surface area is 213 Å². The minimum absolute atomic E-state index is 0.0944. The topological polar surface area (TPSA) is 108 Å². The van der Waals surface area contributed by atoms with Crippen LogP contribution in [0.2, 0.25) is 0 Å². The Morgan fingerprint density at radius 3 is 2.68 bits per heavy atom. The van der Waals surface area contributed by atoms with Gasteiger partial charge in [0.05, 0.1) is 6.04 Å². The van der Waals surface area contributed by atoms with Crippen molar-refractivity contribution in [1.29, 1.82) is 0 Å². The first kappa shape index (κ1) is 24.7. The van der Waals surface area contributed by atoms with E-state index in [-0.39, 0.29) is 36.3 Å². The van der Waals surface area contributed by atoms with E-state index < -0.39 is 24.1 Å². The van der Waals surface area contributed by atoms with Gasteiger partial charge in [-0.15, -0.1) is 0 Å². The SMILES string of the molecule is CNC(=O)Nc1ccc2c(c1)CCC21OC(=O)N(CC(=O)N2[C@@H](C)CC[C@H]2c2ccc(F)cc2C)C1=O. The molecule has 0 saturated carbocycles. The van der Waals surface area contributed by atoms with Gasteiger partial charge >= 0.3 is 12.1 Å². The summed E-state index contributed by atoms with van der Waals surface area (Å²) < 4.78 is 19.3. The van der Waals surface area contributed by atoms with Crippen LogP contribution in [-0.4, -0.2) is 53.4 Å². The fourth-order valence-electron chi connectivity index (χ4n) is 5.86. The molecule has 2 aliphatic heterocycles. The number of carbonyl (C=O) groups excluding carboxylic acids is 4. The van der Waals surface area contributed by atoms with Crippen LogP contribution in [-0.2, 0) is 26.3 Å². The first-order chi connectivity index (χ1) is 17.6. The summed E-state index contributed by atoms with van der Waals surface area (Å²) in [5, 5.41) is 5.17. The number of carbonyl (C=O) groups is 4. The smallest absolute Gasteiger partial charge is 0.418 e. The number of benzene rings is 2. The lowest BCUT2D eigenvalue weighted by Crippen LogP contribution is -2.46. The molecule has 9 nitrogen and oxygen atoms in total. The van der Waals surface area contributed by atoms with Crippen LogP contribution in [0, 0.1) is 12.7 Å². The van der Waals surface area contributed by atoms with Gasteiger partial charge < -0.3 is 20.3 Å². The van der Waals surface area contributed by atoms with E-state index in [2.05, 4.69) is 10.6 Å². The summed E-state index contributed by atoms with van der Waals surface area (Å²) in [5.74, 6) is -1.25. The number of ether oxygens (including phenoxy) is 1. The number of hydrogen-bond donors (Lipinski definition) is 2. The summed E-state index contributed by atoms with van der Waals surface area (Å²) in [6.07, 6.45) is 1.37. The number of halogens is 1. The standard InChI is InChI=1S/C27H29FN4O5/c1-15-12-18(28)5-7-20(15)22-9-4-16(2)32(22)23(33)14-31-24(34)27(37-26(31)36)11-10-17-13-19(6-8-21(17)27)30-25(35)29-3/h5-8,12-13,16,22H,4,9-11,14H2,1-3H3,(H2,29,30,35)/t16-,22-,27?/m0/s1. The third-order valence-corrected chi connectivity index (χ3v) is 7.68. The Bertz CT molecular complexity index is 1310. The monoisotopic (exact) mass is 508 g/mol. The van der Waals surface area contributed by atoms with E-state index in [9.17, 15) is 23.6 Å². The normalized spacial score (nSPS) is 24.4. The summed E-state index contributed by atoms with van der Waals surface area (Å²) in [6, 6.07) is 8.89. The van der Waals surface area contributed by atoms with Crippen LogP contribution in [0.15, 0.2) is 36.4 Å². The summed E-state index contributed by atoms with van der Waals surface area (Å²) in [5.41, 5.74) is 2.06. The molecular formula is C27H29FN4O5. The van der Waals surface area contributed by atoms with Crippen molar-refractivity contribution in [1.82, 2.24) is 15.1 Å². The first-order valence-electron chi connectivity index (χ1n) is 12.4. The zero-order chi connectivity index (χ0) is 26.5. The maximum atomic E-state index is 13.7. The third-order valence-electron chi connectivity index (χ3n) is 7.68. The fourth-order valence-corrected chi connectivity index (χ4v) is 5.86. The van der Waals surface area contributed by atoms with Gasteiger partial charge in [-0.1, -0.05) is 12.1 Å². The molecule has 0 bridgehead atoms. The van der Waals surface area contributed by atoms with Crippen molar-refractivity contribution in [3.05, 3.63) is 64.5 Å². The highest BCUT2D eigenvalue weighted by atomic mass is 19.1. The molecule has 2 heterocycles. The maximum Gasteiger partial charge on any atom is 0.418 e. The number of anilines is 1. The van der Waals surface area contributed by atoms with Crippen molar-refractivity contribution < 1.29 is 28.3 Å². The minimum atomic E-state index is -1.47. The van der Waals surface area contributed by atoms with E-state index in [1.165, 1.54) is 19.2 Å². The second-order valence-electron chi connectivity index (χ2n) is 9.91. The number of fused-ring (bicyclic) bond motifs is 2. The largest absolute Gasteiger partial charge is 0.427 e. The lowest BCUT2D eigenvalue weighted by molar-refractivity contribution is -0.143. The fraction of sp³-hybridized carbons (Fsp3) is 0.407. The number of nitrogens with one attached hydrogen (secondary N) is 2. The first-order valence-corrected chi connectivity index (χ1v) is 12.4. The molecule has 3 aliphatic rings. The molecule has 194 valence electrons.